The van der Waals surface area contributed by atoms with E-state index in [1.807, 2.05) is 13.0 Å². The van der Waals surface area contributed by atoms with Crippen molar-refractivity contribution in [2.24, 2.45) is 0 Å². The van der Waals surface area contributed by atoms with E-state index >= 15 is 0 Å². The van der Waals surface area contributed by atoms with Gasteiger partial charge in [-0.2, -0.15) is 4.31 Å². The van der Waals surface area contributed by atoms with Crippen LogP contribution < -0.4 is 0 Å². The van der Waals surface area contributed by atoms with Gasteiger partial charge in [0.1, 0.15) is 4.21 Å². The highest BCUT2D eigenvalue weighted by Gasteiger charge is 2.37. The van der Waals surface area contributed by atoms with Gasteiger partial charge in [0, 0.05) is 47.8 Å². The fourth-order valence-electron chi connectivity index (χ4n) is 3.45. The molecule has 158 valence electrons. The third-order valence-electron chi connectivity index (χ3n) is 5.04. The van der Waals surface area contributed by atoms with Crippen LogP contribution in [0.2, 0.25) is 5.02 Å². The molecule has 0 aliphatic carbocycles. The number of amides is 1. The molecule has 4 rings (SSSR count). The van der Waals surface area contributed by atoms with Crippen molar-refractivity contribution < 1.29 is 13.2 Å². The number of aromatic nitrogens is 2. The highest BCUT2D eigenvalue weighted by atomic mass is 79.9. The zero-order valence-electron chi connectivity index (χ0n) is 16.0. The minimum Gasteiger partial charge on any atom is -0.330 e. The number of hydrogen-bond donors (Lipinski definition) is 0. The summed E-state index contributed by atoms with van der Waals surface area (Å²) in [6, 6.07) is 6.76. The molecule has 30 heavy (non-hydrogen) atoms. The Hall–Kier alpha value is -1.59. The van der Waals surface area contributed by atoms with Crippen LogP contribution in [0.3, 0.4) is 0 Å². The molecular formula is C19H18BrClN4O3S2. The molecule has 3 aromatic rings. The van der Waals surface area contributed by atoms with Gasteiger partial charge < -0.3 is 4.90 Å². The second-order valence-electron chi connectivity index (χ2n) is 6.90. The lowest BCUT2D eigenvalue weighted by Gasteiger charge is -2.39. The highest BCUT2D eigenvalue weighted by molar-refractivity contribution is 9.10. The molecule has 1 saturated heterocycles. The monoisotopic (exact) mass is 528 g/mol. The number of fused-ring (bicyclic) bond motifs is 1. The fourth-order valence-corrected chi connectivity index (χ4v) is 6.95. The maximum Gasteiger partial charge on any atom is 0.291 e. The molecule has 0 spiro atoms. The van der Waals surface area contributed by atoms with Crippen LogP contribution in [-0.4, -0.2) is 59.2 Å². The maximum atomic E-state index is 13.3. The van der Waals surface area contributed by atoms with Gasteiger partial charge in [0.05, 0.1) is 4.47 Å². The number of rotatable bonds is 4. The van der Waals surface area contributed by atoms with E-state index in [0.29, 0.717) is 15.9 Å². The SMILES string of the molecule is CCC1CN(S(=O)(=O)c2cc3ccc(Cl)cc3s2)CCN1C(=O)c1ncc(Br)cn1. The molecule has 7 nitrogen and oxygen atoms in total. The number of sulfonamides is 1. The largest absolute Gasteiger partial charge is 0.330 e. The van der Waals surface area contributed by atoms with Crippen LogP contribution in [0.5, 0.6) is 0 Å². The first-order chi connectivity index (χ1) is 14.3. The Bertz CT molecular complexity index is 1200. The van der Waals surface area contributed by atoms with Crippen molar-refractivity contribution in [3.05, 3.63) is 52.0 Å². The Kier molecular flexibility index (Phi) is 6.13. The molecule has 0 radical (unpaired) electrons. The summed E-state index contributed by atoms with van der Waals surface area (Å²) in [7, 11) is -3.67. The number of hydrogen-bond acceptors (Lipinski definition) is 6. The Morgan fingerprint density at radius 3 is 2.70 bits per heavy atom. The first kappa shape index (κ1) is 21.6. The first-order valence-corrected chi connectivity index (χ1v) is 12.7. The number of benzene rings is 1. The summed E-state index contributed by atoms with van der Waals surface area (Å²) in [4.78, 5) is 22.7. The lowest BCUT2D eigenvalue weighted by Crippen LogP contribution is -2.56. The summed E-state index contributed by atoms with van der Waals surface area (Å²) < 4.78 is 29.8. The summed E-state index contributed by atoms with van der Waals surface area (Å²) in [5.41, 5.74) is 0. The second kappa shape index (κ2) is 8.51. The summed E-state index contributed by atoms with van der Waals surface area (Å²) >= 11 is 10.5. The zero-order valence-corrected chi connectivity index (χ0v) is 19.9. The van der Waals surface area contributed by atoms with Crippen LogP contribution in [0.15, 0.2) is 45.3 Å². The lowest BCUT2D eigenvalue weighted by atomic mass is 10.1. The van der Waals surface area contributed by atoms with Gasteiger partial charge in [-0.05, 0) is 45.9 Å². The van der Waals surface area contributed by atoms with E-state index < -0.39 is 10.0 Å². The number of carbonyl (C=O) groups excluding carboxylic acids is 1. The van der Waals surface area contributed by atoms with Gasteiger partial charge in [-0.3, -0.25) is 4.79 Å². The van der Waals surface area contributed by atoms with Crippen molar-refractivity contribution in [2.45, 2.75) is 23.6 Å². The number of carbonyl (C=O) groups is 1. The van der Waals surface area contributed by atoms with Crippen LogP contribution >= 0.6 is 38.9 Å². The molecule has 3 heterocycles. The Morgan fingerprint density at radius 1 is 1.27 bits per heavy atom. The van der Waals surface area contributed by atoms with E-state index in [1.54, 1.807) is 23.1 Å². The smallest absolute Gasteiger partial charge is 0.291 e. The van der Waals surface area contributed by atoms with Crippen LogP contribution in [0, 0.1) is 0 Å². The quantitative estimate of drug-likeness (QED) is 0.509. The van der Waals surface area contributed by atoms with Gasteiger partial charge >= 0.3 is 0 Å². The third kappa shape index (κ3) is 4.11. The van der Waals surface area contributed by atoms with E-state index in [9.17, 15) is 13.2 Å². The van der Waals surface area contributed by atoms with Crippen molar-refractivity contribution in [1.82, 2.24) is 19.2 Å². The molecule has 1 atom stereocenters. The van der Waals surface area contributed by atoms with E-state index in [1.165, 1.54) is 28.0 Å². The summed E-state index contributed by atoms with van der Waals surface area (Å²) in [5.74, 6) is -0.183. The zero-order chi connectivity index (χ0) is 21.5. The minimum atomic E-state index is -3.67. The molecule has 1 fully saturated rings. The Balaban J connectivity index is 1.56. The number of halogens is 2. The first-order valence-electron chi connectivity index (χ1n) is 9.27. The normalized spacial score (nSPS) is 18.1. The van der Waals surface area contributed by atoms with Gasteiger partial charge in [0.25, 0.3) is 15.9 Å². The van der Waals surface area contributed by atoms with Gasteiger partial charge in [-0.1, -0.05) is 24.6 Å². The van der Waals surface area contributed by atoms with Gasteiger partial charge in [-0.25, -0.2) is 18.4 Å². The van der Waals surface area contributed by atoms with Gasteiger partial charge in [-0.15, -0.1) is 11.3 Å². The molecule has 0 saturated carbocycles. The summed E-state index contributed by atoms with van der Waals surface area (Å²) in [6.07, 6.45) is 3.67. The Labute approximate surface area is 191 Å². The van der Waals surface area contributed by atoms with Crippen molar-refractivity contribution in [3.63, 3.8) is 0 Å². The maximum absolute atomic E-state index is 13.3. The number of piperazine rings is 1. The van der Waals surface area contributed by atoms with Crippen LogP contribution in [-0.2, 0) is 10.0 Å². The molecule has 2 aromatic heterocycles. The van der Waals surface area contributed by atoms with E-state index in [0.717, 1.165) is 10.1 Å². The average Bonchev–Trinajstić information content (AvgIpc) is 3.17. The van der Waals surface area contributed by atoms with Gasteiger partial charge in [0.2, 0.25) is 5.82 Å². The minimum absolute atomic E-state index is 0.106. The number of thiophene rings is 1. The lowest BCUT2D eigenvalue weighted by molar-refractivity contribution is 0.0546. The Morgan fingerprint density at radius 2 is 2.00 bits per heavy atom. The van der Waals surface area contributed by atoms with Crippen LogP contribution in [0.4, 0.5) is 0 Å². The van der Waals surface area contributed by atoms with Crippen molar-refractivity contribution in [1.29, 1.82) is 0 Å². The standard InChI is InChI=1S/C19H18BrClN4O3S2/c1-2-15-11-24(5-6-25(15)19(26)18-22-9-13(20)10-23-18)30(27,28)17-7-12-3-4-14(21)8-16(12)29-17/h3-4,7-10,15H,2,5-6,11H2,1H3. The molecule has 0 N–H and O–H groups in total. The van der Waals surface area contributed by atoms with Crippen molar-refractivity contribution >= 4 is 64.9 Å². The summed E-state index contributed by atoms with van der Waals surface area (Å²) in [6.45, 7) is 2.67. The van der Waals surface area contributed by atoms with E-state index in [-0.39, 0.29) is 41.6 Å². The van der Waals surface area contributed by atoms with Crippen LogP contribution in [0.1, 0.15) is 24.0 Å². The molecule has 1 aliphatic heterocycles. The van der Waals surface area contributed by atoms with E-state index in [4.69, 9.17) is 11.6 Å². The topological polar surface area (TPSA) is 83.5 Å². The van der Waals surface area contributed by atoms with Crippen LogP contribution in [0.25, 0.3) is 10.1 Å². The molecule has 1 unspecified atom stereocenters. The van der Waals surface area contributed by atoms with Crippen molar-refractivity contribution in [3.8, 4) is 0 Å². The molecule has 11 heteroatoms. The van der Waals surface area contributed by atoms with Crippen molar-refractivity contribution in [2.75, 3.05) is 19.6 Å². The second-order valence-corrected chi connectivity index (χ2v) is 11.5. The predicted molar refractivity (Wildman–Crippen MR) is 120 cm³/mol. The highest BCUT2D eigenvalue weighted by Crippen LogP contribution is 2.33. The molecule has 0 bridgehead atoms. The fraction of sp³-hybridized carbons (Fsp3) is 0.316. The molecule has 1 amide bonds. The third-order valence-corrected chi connectivity index (χ3v) is 9.10. The number of nitrogens with zero attached hydrogens (tertiary/aromatic N) is 4. The molecular weight excluding hydrogens is 512 g/mol. The summed E-state index contributed by atoms with van der Waals surface area (Å²) in [5, 5.41) is 1.41. The molecule has 1 aromatic carbocycles. The van der Waals surface area contributed by atoms with E-state index in [2.05, 4.69) is 25.9 Å². The van der Waals surface area contributed by atoms with Gasteiger partial charge in [0.15, 0.2) is 0 Å². The average molecular weight is 530 g/mol. The predicted octanol–water partition coefficient (Wildman–Crippen LogP) is 4.03. The molecule has 1 aliphatic rings.